The second kappa shape index (κ2) is 8.25. The molecule has 116 valence electrons. The average molecular weight is 284 g/mol. The molecule has 2 atom stereocenters. The monoisotopic (exact) mass is 284 g/mol. The van der Waals surface area contributed by atoms with E-state index in [2.05, 4.69) is 13.8 Å². The van der Waals surface area contributed by atoms with E-state index in [1.165, 1.54) is 0 Å². The van der Waals surface area contributed by atoms with Crippen LogP contribution in [0.5, 0.6) is 0 Å². The van der Waals surface area contributed by atoms with Crippen LogP contribution in [0.3, 0.4) is 0 Å². The maximum atomic E-state index is 12.2. The van der Waals surface area contributed by atoms with Gasteiger partial charge in [-0.15, -0.1) is 0 Å². The third kappa shape index (κ3) is 5.12. The first-order chi connectivity index (χ1) is 9.45. The van der Waals surface area contributed by atoms with E-state index in [9.17, 15) is 9.59 Å². The lowest BCUT2D eigenvalue weighted by molar-refractivity contribution is -0.145. The van der Waals surface area contributed by atoms with E-state index in [0.29, 0.717) is 44.3 Å². The number of hydrogen-bond donors (Lipinski definition) is 2. The fraction of sp³-hybridized carbons (Fsp3) is 0.867. The molecule has 1 aliphatic rings. The van der Waals surface area contributed by atoms with Crippen molar-refractivity contribution in [3.8, 4) is 0 Å². The van der Waals surface area contributed by atoms with Crippen LogP contribution in [0.25, 0.3) is 0 Å². The minimum Gasteiger partial charge on any atom is -0.481 e. The number of likely N-dealkylation sites (tertiary alicyclic amines) is 1. The van der Waals surface area contributed by atoms with Crippen molar-refractivity contribution in [3.63, 3.8) is 0 Å². The lowest BCUT2D eigenvalue weighted by Crippen LogP contribution is -2.42. The van der Waals surface area contributed by atoms with Gasteiger partial charge in [-0.1, -0.05) is 13.8 Å². The fourth-order valence-corrected chi connectivity index (χ4v) is 2.90. The van der Waals surface area contributed by atoms with Crippen LogP contribution >= 0.6 is 0 Å². The molecule has 5 heteroatoms. The van der Waals surface area contributed by atoms with E-state index < -0.39 is 11.9 Å². The summed E-state index contributed by atoms with van der Waals surface area (Å²) in [5.74, 6) is -0.0783. The summed E-state index contributed by atoms with van der Waals surface area (Å²) in [5.41, 5.74) is 5.61. The Balaban J connectivity index is 2.43. The summed E-state index contributed by atoms with van der Waals surface area (Å²) in [4.78, 5) is 24.9. The number of amides is 1. The Morgan fingerprint density at radius 3 is 2.60 bits per heavy atom. The Hall–Kier alpha value is -1.10. The van der Waals surface area contributed by atoms with Gasteiger partial charge in [0.2, 0.25) is 5.91 Å². The predicted molar refractivity (Wildman–Crippen MR) is 78.2 cm³/mol. The summed E-state index contributed by atoms with van der Waals surface area (Å²) in [6.07, 6.45) is 3.78. The van der Waals surface area contributed by atoms with Gasteiger partial charge < -0.3 is 15.7 Å². The Kier molecular flexibility index (Phi) is 6.99. The fourth-order valence-electron chi connectivity index (χ4n) is 2.90. The number of carboxylic acids is 1. The van der Waals surface area contributed by atoms with Crippen LogP contribution in [0.15, 0.2) is 0 Å². The predicted octanol–water partition coefficient (Wildman–Crippen LogP) is 1.71. The molecule has 0 radical (unpaired) electrons. The van der Waals surface area contributed by atoms with E-state index in [-0.39, 0.29) is 5.91 Å². The molecule has 0 saturated carbocycles. The van der Waals surface area contributed by atoms with Crippen molar-refractivity contribution < 1.29 is 14.7 Å². The summed E-state index contributed by atoms with van der Waals surface area (Å²) in [6.45, 7) is 6.05. The normalized spacial score (nSPS) is 21.0. The molecular weight excluding hydrogens is 256 g/mol. The SMILES string of the molecule is CC(C)C(CCN)CCC(=O)N1CCCC(C(=O)O)C1. The quantitative estimate of drug-likeness (QED) is 0.745. The summed E-state index contributed by atoms with van der Waals surface area (Å²) < 4.78 is 0. The number of nitrogens with two attached hydrogens (primary N) is 1. The molecule has 3 N–H and O–H groups in total. The van der Waals surface area contributed by atoms with Crippen LogP contribution < -0.4 is 5.73 Å². The molecule has 1 aliphatic heterocycles. The first-order valence-electron chi connectivity index (χ1n) is 7.66. The van der Waals surface area contributed by atoms with Crippen molar-refractivity contribution in [3.05, 3.63) is 0 Å². The third-order valence-corrected chi connectivity index (χ3v) is 4.33. The van der Waals surface area contributed by atoms with E-state index in [1.807, 2.05) is 0 Å². The number of carboxylic acid groups (broad SMARTS) is 1. The molecule has 5 nitrogen and oxygen atoms in total. The van der Waals surface area contributed by atoms with Crippen molar-refractivity contribution in [1.82, 2.24) is 4.90 Å². The molecular formula is C15H28N2O3. The van der Waals surface area contributed by atoms with Crippen molar-refractivity contribution in [2.75, 3.05) is 19.6 Å². The Labute approximate surface area is 121 Å². The average Bonchev–Trinajstić information content (AvgIpc) is 2.42. The zero-order chi connectivity index (χ0) is 15.1. The maximum absolute atomic E-state index is 12.2. The minimum atomic E-state index is -0.786. The zero-order valence-electron chi connectivity index (χ0n) is 12.7. The summed E-state index contributed by atoms with van der Waals surface area (Å²) in [6, 6.07) is 0. The topological polar surface area (TPSA) is 83.6 Å². The van der Waals surface area contributed by atoms with Gasteiger partial charge in [0.15, 0.2) is 0 Å². The number of aliphatic carboxylic acids is 1. The van der Waals surface area contributed by atoms with Gasteiger partial charge in [-0.25, -0.2) is 0 Å². The Morgan fingerprint density at radius 2 is 2.05 bits per heavy atom. The van der Waals surface area contributed by atoms with Gasteiger partial charge in [-0.05, 0) is 44.1 Å². The molecule has 0 bridgehead atoms. The van der Waals surface area contributed by atoms with E-state index in [0.717, 1.165) is 19.3 Å². The van der Waals surface area contributed by atoms with Gasteiger partial charge in [0.05, 0.1) is 5.92 Å². The second-order valence-electron chi connectivity index (χ2n) is 6.14. The summed E-state index contributed by atoms with van der Waals surface area (Å²) >= 11 is 0. The highest BCUT2D eigenvalue weighted by Gasteiger charge is 2.28. The first-order valence-corrected chi connectivity index (χ1v) is 7.66. The van der Waals surface area contributed by atoms with E-state index in [1.54, 1.807) is 4.90 Å². The van der Waals surface area contributed by atoms with Crippen LogP contribution in [-0.2, 0) is 9.59 Å². The first kappa shape index (κ1) is 17.0. The number of carbonyl (C=O) groups excluding carboxylic acids is 1. The number of nitrogens with zero attached hydrogens (tertiary/aromatic N) is 1. The molecule has 0 aromatic heterocycles. The van der Waals surface area contributed by atoms with Gasteiger partial charge in [-0.2, -0.15) is 0 Å². The lowest BCUT2D eigenvalue weighted by atomic mass is 9.88. The van der Waals surface area contributed by atoms with Crippen molar-refractivity contribution >= 4 is 11.9 Å². The summed E-state index contributed by atoms with van der Waals surface area (Å²) in [5, 5.41) is 9.05. The molecule has 0 aliphatic carbocycles. The van der Waals surface area contributed by atoms with Crippen LogP contribution in [0.1, 0.15) is 46.0 Å². The maximum Gasteiger partial charge on any atom is 0.308 e. The van der Waals surface area contributed by atoms with Crippen molar-refractivity contribution in [2.24, 2.45) is 23.5 Å². The van der Waals surface area contributed by atoms with Crippen LogP contribution in [0.2, 0.25) is 0 Å². The van der Waals surface area contributed by atoms with Crippen LogP contribution in [0.4, 0.5) is 0 Å². The molecule has 0 spiro atoms. The van der Waals surface area contributed by atoms with Gasteiger partial charge in [0.1, 0.15) is 0 Å². The third-order valence-electron chi connectivity index (χ3n) is 4.33. The molecule has 1 fully saturated rings. The molecule has 1 amide bonds. The van der Waals surface area contributed by atoms with Crippen molar-refractivity contribution in [2.45, 2.75) is 46.0 Å². The minimum absolute atomic E-state index is 0.0959. The van der Waals surface area contributed by atoms with E-state index >= 15 is 0 Å². The van der Waals surface area contributed by atoms with Gasteiger partial charge >= 0.3 is 5.97 Å². The molecule has 1 heterocycles. The molecule has 0 aromatic rings. The van der Waals surface area contributed by atoms with Crippen molar-refractivity contribution in [1.29, 1.82) is 0 Å². The molecule has 0 aromatic carbocycles. The highest BCUT2D eigenvalue weighted by Crippen LogP contribution is 2.22. The molecule has 1 rings (SSSR count). The highest BCUT2D eigenvalue weighted by atomic mass is 16.4. The number of rotatable bonds is 7. The number of carbonyl (C=O) groups is 2. The standard InChI is InChI=1S/C15H28N2O3/c1-11(2)12(7-8-16)5-6-14(18)17-9-3-4-13(10-17)15(19)20/h11-13H,3-10,16H2,1-2H3,(H,19,20). The lowest BCUT2D eigenvalue weighted by Gasteiger charge is -2.31. The Morgan fingerprint density at radius 1 is 1.35 bits per heavy atom. The van der Waals surface area contributed by atoms with E-state index in [4.69, 9.17) is 10.8 Å². The second-order valence-corrected chi connectivity index (χ2v) is 6.14. The number of piperidine rings is 1. The Bertz CT molecular complexity index is 331. The van der Waals surface area contributed by atoms with Gasteiger partial charge in [-0.3, -0.25) is 9.59 Å². The summed E-state index contributed by atoms with van der Waals surface area (Å²) in [7, 11) is 0. The van der Waals surface area contributed by atoms with Gasteiger partial charge in [0.25, 0.3) is 0 Å². The largest absolute Gasteiger partial charge is 0.481 e. The molecule has 2 unspecified atom stereocenters. The highest BCUT2D eigenvalue weighted by molar-refractivity contribution is 5.78. The van der Waals surface area contributed by atoms with Gasteiger partial charge in [0, 0.05) is 19.5 Å². The zero-order valence-corrected chi connectivity index (χ0v) is 12.7. The molecule has 20 heavy (non-hydrogen) atoms. The molecule has 1 saturated heterocycles. The van der Waals surface area contributed by atoms with Crippen LogP contribution in [0, 0.1) is 17.8 Å². The van der Waals surface area contributed by atoms with Crippen LogP contribution in [-0.4, -0.2) is 41.5 Å². The smallest absolute Gasteiger partial charge is 0.308 e. The number of hydrogen-bond acceptors (Lipinski definition) is 3.